The maximum Gasteiger partial charge on any atom is 0.294 e. The zero-order chi connectivity index (χ0) is 24.6. The second-order valence-electron chi connectivity index (χ2n) is 9.88. The Kier molecular flexibility index (Phi) is 6.58. The van der Waals surface area contributed by atoms with E-state index < -0.39 is 17.1 Å². The number of benzene rings is 2. The highest BCUT2D eigenvalue weighted by atomic mass is 32.2. The standard InChI is InChI=1S/C27H31N3O3S/c1-17(2)30-22-12-11-19(13-21(22)18(3)15-27(30,4)5)14-23-25(32)29(26(33)34-23)16-24(31)28-20-9-7-6-8-10-20/h6-14,17-18H,15-16H2,1-5H3,(H,28,31)/b23-14-. The van der Waals surface area contributed by atoms with E-state index >= 15 is 0 Å². The largest absolute Gasteiger partial charge is 0.364 e. The van der Waals surface area contributed by atoms with Gasteiger partial charge in [0.25, 0.3) is 11.1 Å². The molecule has 1 saturated heterocycles. The lowest BCUT2D eigenvalue weighted by Crippen LogP contribution is -2.51. The van der Waals surface area contributed by atoms with Crippen molar-refractivity contribution >= 4 is 46.3 Å². The Morgan fingerprint density at radius 3 is 2.56 bits per heavy atom. The third kappa shape index (κ3) is 4.75. The molecule has 1 unspecified atom stereocenters. The molecule has 0 aliphatic carbocycles. The molecule has 7 heteroatoms. The number of carbonyl (C=O) groups excluding carboxylic acids is 3. The molecular formula is C27H31N3O3S. The first-order valence-corrected chi connectivity index (χ1v) is 12.4. The predicted octanol–water partition coefficient (Wildman–Crippen LogP) is 5.86. The average molecular weight is 478 g/mol. The summed E-state index contributed by atoms with van der Waals surface area (Å²) in [6.45, 7) is 10.9. The number of rotatable bonds is 5. The molecule has 2 aliphatic rings. The first-order valence-electron chi connectivity index (χ1n) is 11.6. The number of anilines is 2. The molecule has 0 radical (unpaired) electrons. The van der Waals surface area contributed by atoms with Crippen LogP contribution in [0.3, 0.4) is 0 Å². The van der Waals surface area contributed by atoms with Crippen LogP contribution >= 0.6 is 11.8 Å². The van der Waals surface area contributed by atoms with Gasteiger partial charge in [0.1, 0.15) is 6.54 Å². The molecule has 1 atom stereocenters. The quantitative estimate of drug-likeness (QED) is 0.546. The van der Waals surface area contributed by atoms with Crippen molar-refractivity contribution < 1.29 is 14.4 Å². The van der Waals surface area contributed by atoms with Crippen LogP contribution in [-0.4, -0.2) is 40.1 Å². The van der Waals surface area contributed by atoms with Gasteiger partial charge >= 0.3 is 0 Å². The maximum atomic E-state index is 12.9. The van der Waals surface area contributed by atoms with Gasteiger partial charge in [0, 0.05) is 23.0 Å². The van der Waals surface area contributed by atoms with Crippen LogP contribution in [0.1, 0.15) is 58.1 Å². The van der Waals surface area contributed by atoms with Crippen molar-refractivity contribution in [1.82, 2.24) is 4.90 Å². The molecule has 0 bridgehead atoms. The fourth-order valence-electron chi connectivity index (χ4n) is 5.19. The van der Waals surface area contributed by atoms with E-state index in [-0.39, 0.29) is 12.1 Å². The van der Waals surface area contributed by atoms with Crippen LogP contribution in [0.25, 0.3) is 6.08 Å². The zero-order valence-electron chi connectivity index (χ0n) is 20.3. The Hall–Kier alpha value is -3.06. The Bertz CT molecular complexity index is 1160. The highest BCUT2D eigenvalue weighted by molar-refractivity contribution is 8.18. The normalized spacial score (nSPS) is 20.8. The summed E-state index contributed by atoms with van der Waals surface area (Å²) in [6, 6.07) is 15.6. The number of para-hydroxylation sites is 1. The van der Waals surface area contributed by atoms with Gasteiger partial charge in [0.2, 0.25) is 5.91 Å². The van der Waals surface area contributed by atoms with Crippen molar-refractivity contribution in [2.45, 2.75) is 58.5 Å². The fourth-order valence-corrected chi connectivity index (χ4v) is 6.03. The minimum absolute atomic E-state index is 0.0606. The molecular weight excluding hydrogens is 446 g/mol. The molecule has 1 N–H and O–H groups in total. The van der Waals surface area contributed by atoms with Crippen molar-refractivity contribution in [2.24, 2.45) is 0 Å². The van der Waals surface area contributed by atoms with Crippen molar-refractivity contribution in [1.29, 1.82) is 0 Å². The molecule has 2 aliphatic heterocycles. The number of fused-ring (bicyclic) bond motifs is 1. The van der Waals surface area contributed by atoms with Gasteiger partial charge in [0.05, 0.1) is 4.91 Å². The molecule has 3 amide bonds. The summed E-state index contributed by atoms with van der Waals surface area (Å²) in [5.41, 5.74) is 4.04. The third-order valence-electron chi connectivity index (χ3n) is 6.35. The van der Waals surface area contributed by atoms with Gasteiger partial charge < -0.3 is 10.2 Å². The average Bonchev–Trinajstić information content (AvgIpc) is 3.01. The first-order chi connectivity index (χ1) is 16.1. The van der Waals surface area contributed by atoms with E-state index in [1.807, 2.05) is 12.1 Å². The zero-order valence-corrected chi connectivity index (χ0v) is 21.1. The minimum Gasteiger partial charge on any atom is -0.364 e. The van der Waals surface area contributed by atoms with E-state index in [0.717, 1.165) is 28.6 Å². The summed E-state index contributed by atoms with van der Waals surface area (Å²) in [4.78, 5) is 41.6. The number of nitrogens with zero attached hydrogens (tertiary/aromatic N) is 2. The van der Waals surface area contributed by atoms with Gasteiger partial charge in [-0.2, -0.15) is 0 Å². The predicted molar refractivity (Wildman–Crippen MR) is 139 cm³/mol. The van der Waals surface area contributed by atoms with Crippen LogP contribution in [0.15, 0.2) is 53.4 Å². The molecule has 4 rings (SSSR count). The van der Waals surface area contributed by atoms with E-state index in [4.69, 9.17) is 0 Å². The van der Waals surface area contributed by atoms with Gasteiger partial charge in [0.15, 0.2) is 0 Å². The smallest absolute Gasteiger partial charge is 0.294 e. The van der Waals surface area contributed by atoms with Crippen molar-refractivity contribution in [3.63, 3.8) is 0 Å². The highest BCUT2D eigenvalue weighted by Crippen LogP contribution is 2.45. The van der Waals surface area contributed by atoms with E-state index in [0.29, 0.717) is 22.6 Å². The molecule has 1 fully saturated rings. The van der Waals surface area contributed by atoms with E-state index in [1.165, 1.54) is 11.3 Å². The molecule has 178 valence electrons. The number of thioether (sulfide) groups is 1. The lowest BCUT2D eigenvalue weighted by molar-refractivity contribution is -0.127. The topological polar surface area (TPSA) is 69.7 Å². The van der Waals surface area contributed by atoms with Crippen molar-refractivity contribution in [2.75, 3.05) is 16.8 Å². The molecule has 6 nitrogen and oxygen atoms in total. The Labute approximate surface area is 205 Å². The third-order valence-corrected chi connectivity index (χ3v) is 7.25. The molecule has 2 aromatic rings. The Morgan fingerprint density at radius 2 is 1.88 bits per heavy atom. The molecule has 2 aromatic carbocycles. The summed E-state index contributed by atoms with van der Waals surface area (Å²) in [5, 5.41) is 2.28. The van der Waals surface area contributed by atoms with E-state index in [1.54, 1.807) is 30.3 Å². The Morgan fingerprint density at radius 1 is 1.18 bits per heavy atom. The number of amides is 3. The monoisotopic (exact) mass is 477 g/mol. The summed E-state index contributed by atoms with van der Waals surface area (Å²) in [5.74, 6) is -0.465. The fraction of sp³-hybridized carbons (Fsp3) is 0.370. The number of hydrogen-bond acceptors (Lipinski definition) is 5. The van der Waals surface area contributed by atoms with Crippen LogP contribution in [0.5, 0.6) is 0 Å². The van der Waals surface area contributed by atoms with Crippen LogP contribution < -0.4 is 10.2 Å². The molecule has 0 saturated carbocycles. The van der Waals surface area contributed by atoms with Crippen LogP contribution in [-0.2, 0) is 9.59 Å². The van der Waals surface area contributed by atoms with E-state index in [2.05, 4.69) is 57.0 Å². The van der Waals surface area contributed by atoms with Crippen LogP contribution in [0.4, 0.5) is 16.2 Å². The lowest BCUT2D eigenvalue weighted by Gasteiger charge is -2.50. The van der Waals surface area contributed by atoms with Gasteiger partial charge in [-0.1, -0.05) is 31.2 Å². The molecule has 34 heavy (non-hydrogen) atoms. The molecule has 2 heterocycles. The summed E-state index contributed by atoms with van der Waals surface area (Å²) < 4.78 is 0. The first kappa shape index (κ1) is 24.1. The minimum atomic E-state index is -0.436. The van der Waals surface area contributed by atoms with Crippen molar-refractivity contribution in [3.8, 4) is 0 Å². The number of carbonyl (C=O) groups is 3. The summed E-state index contributed by atoms with van der Waals surface area (Å²) >= 11 is 0.876. The molecule has 0 spiro atoms. The summed E-state index contributed by atoms with van der Waals surface area (Å²) in [6.07, 6.45) is 2.79. The lowest BCUT2D eigenvalue weighted by atomic mass is 9.79. The van der Waals surface area contributed by atoms with Crippen LogP contribution in [0, 0.1) is 0 Å². The number of imide groups is 1. The second-order valence-corrected chi connectivity index (χ2v) is 10.9. The van der Waals surface area contributed by atoms with Gasteiger partial charge in [-0.3, -0.25) is 19.3 Å². The SMILES string of the molecule is CC1CC(C)(C)N(C(C)C)c2ccc(/C=C3\SC(=O)N(CC(=O)Nc4ccccc4)C3=O)cc21. The van der Waals surface area contributed by atoms with Crippen LogP contribution in [0.2, 0.25) is 0 Å². The summed E-state index contributed by atoms with van der Waals surface area (Å²) in [7, 11) is 0. The van der Waals surface area contributed by atoms with Gasteiger partial charge in [-0.25, -0.2) is 0 Å². The van der Waals surface area contributed by atoms with Crippen molar-refractivity contribution in [3.05, 3.63) is 64.6 Å². The molecule has 0 aromatic heterocycles. The maximum absolute atomic E-state index is 12.9. The Balaban J connectivity index is 1.53. The number of hydrogen-bond donors (Lipinski definition) is 1. The van der Waals surface area contributed by atoms with Gasteiger partial charge in [-0.15, -0.1) is 0 Å². The highest BCUT2D eigenvalue weighted by Gasteiger charge is 2.38. The second kappa shape index (κ2) is 9.29. The van der Waals surface area contributed by atoms with E-state index in [9.17, 15) is 14.4 Å². The number of nitrogens with one attached hydrogen (secondary N) is 1. The van der Waals surface area contributed by atoms with Gasteiger partial charge in [-0.05, 0) is 93.3 Å².